The molecule has 0 amide bonds. The lowest BCUT2D eigenvalue weighted by molar-refractivity contribution is 0.0693. The van der Waals surface area contributed by atoms with E-state index in [-0.39, 0.29) is 16.5 Å². The Morgan fingerprint density at radius 2 is 1.86 bits per heavy atom. The van der Waals surface area contributed by atoms with Gasteiger partial charge in [-0.3, -0.25) is 0 Å². The van der Waals surface area contributed by atoms with Gasteiger partial charge in [0.2, 0.25) is 0 Å². The van der Waals surface area contributed by atoms with E-state index >= 15 is 0 Å². The largest absolute Gasteiger partial charge is 0.477 e. The van der Waals surface area contributed by atoms with Crippen molar-refractivity contribution >= 4 is 28.3 Å². The number of nitrogens with zero attached hydrogens (tertiary/aromatic N) is 1. The normalized spacial score (nSPS) is 10.5. The van der Waals surface area contributed by atoms with Crippen molar-refractivity contribution in [3.8, 4) is 11.5 Å². The van der Waals surface area contributed by atoms with Crippen molar-refractivity contribution in [2.45, 2.75) is 0 Å². The number of carboxylic acids is 1. The molecule has 4 nitrogen and oxygen atoms in total. The van der Waals surface area contributed by atoms with Gasteiger partial charge in [-0.15, -0.1) is 0 Å². The summed E-state index contributed by atoms with van der Waals surface area (Å²) in [5, 5.41) is 11.3. The zero-order chi connectivity index (χ0) is 14.8. The highest BCUT2D eigenvalue weighted by Crippen LogP contribution is 2.32. The molecule has 0 bridgehead atoms. The van der Waals surface area contributed by atoms with Crippen molar-refractivity contribution in [2.24, 2.45) is 0 Å². The summed E-state index contributed by atoms with van der Waals surface area (Å²) in [4.78, 5) is 15.0. The maximum absolute atomic E-state index is 11.2. The molecule has 0 aliphatic rings. The van der Waals surface area contributed by atoms with E-state index in [1.54, 1.807) is 6.07 Å². The first-order chi connectivity index (χ1) is 10.1. The molecule has 104 valence electrons. The van der Waals surface area contributed by atoms with E-state index in [9.17, 15) is 9.90 Å². The molecule has 0 aliphatic carbocycles. The van der Waals surface area contributed by atoms with Crippen LogP contribution >= 0.6 is 11.6 Å². The number of fused-ring (bicyclic) bond motifs is 1. The average molecular weight is 300 g/mol. The van der Waals surface area contributed by atoms with Crippen LogP contribution in [0.4, 0.5) is 0 Å². The fourth-order valence-electron chi connectivity index (χ4n) is 2.06. The van der Waals surface area contributed by atoms with Crippen LogP contribution < -0.4 is 4.74 Å². The molecule has 3 aromatic rings. The lowest BCUT2D eigenvalue weighted by Crippen LogP contribution is -2.01. The Kier molecular flexibility index (Phi) is 3.46. The lowest BCUT2D eigenvalue weighted by atomic mass is 10.1. The number of rotatable bonds is 3. The number of aromatic carboxylic acids is 1. The summed E-state index contributed by atoms with van der Waals surface area (Å²) >= 11 is 5.82. The molecule has 5 heteroatoms. The van der Waals surface area contributed by atoms with Gasteiger partial charge in [0.05, 0.1) is 0 Å². The molecule has 0 radical (unpaired) electrons. The lowest BCUT2D eigenvalue weighted by Gasteiger charge is -2.11. The third-order valence-electron chi connectivity index (χ3n) is 3.03. The predicted molar refractivity (Wildman–Crippen MR) is 80.2 cm³/mol. The molecule has 21 heavy (non-hydrogen) atoms. The van der Waals surface area contributed by atoms with Gasteiger partial charge in [0.25, 0.3) is 0 Å². The summed E-state index contributed by atoms with van der Waals surface area (Å²) in [6, 6.07) is 14.7. The number of hydrogen-bond acceptors (Lipinski definition) is 3. The topological polar surface area (TPSA) is 59.4 Å². The minimum absolute atomic E-state index is 0.0349. The number of ether oxygens (including phenoxy) is 1. The third-order valence-corrected chi connectivity index (χ3v) is 3.24. The fourth-order valence-corrected chi connectivity index (χ4v) is 2.21. The van der Waals surface area contributed by atoms with Gasteiger partial charge in [0, 0.05) is 17.6 Å². The Hall–Kier alpha value is -2.59. The Labute approximate surface area is 125 Å². The van der Waals surface area contributed by atoms with Gasteiger partial charge in [-0.25, -0.2) is 9.78 Å². The Morgan fingerprint density at radius 3 is 2.67 bits per heavy atom. The molecule has 0 saturated carbocycles. The number of carboxylic acid groups (broad SMARTS) is 1. The second-order valence-electron chi connectivity index (χ2n) is 4.39. The van der Waals surface area contributed by atoms with E-state index < -0.39 is 5.97 Å². The maximum atomic E-state index is 11.2. The molecule has 0 atom stereocenters. The zero-order valence-electron chi connectivity index (χ0n) is 10.8. The van der Waals surface area contributed by atoms with Crippen molar-refractivity contribution in [3.63, 3.8) is 0 Å². The van der Waals surface area contributed by atoms with Gasteiger partial charge in [-0.05, 0) is 11.5 Å². The third kappa shape index (κ3) is 2.66. The van der Waals surface area contributed by atoms with Crippen LogP contribution in [0.2, 0.25) is 5.15 Å². The molecule has 0 aliphatic heterocycles. The first-order valence-electron chi connectivity index (χ1n) is 6.19. The molecular weight excluding hydrogens is 290 g/mol. The van der Waals surface area contributed by atoms with E-state index in [4.69, 9.17) is 16.3 Å². The summed E-state index contributed by atoms with van der Waals surface area (Å²) in [5.74, 6) is -0.383. The second-order valence-corrected chi connectivity index (χ2v) is 4.77. The molecule has 1 N–H and O–H groups in total. The number of carbonyl (C=O) groups is 1. The number of benzene rings is 2. The summed E-state index contributed by atoms with van der Waals surface area (Å²) in [6.07, 6.45) is 1.19. The number of aromatic nitrogens is 1. The van der Waals surface area contributed by atoms with Crippen LogP contribution in [0.5, 0.6) is 11.5 Å². The zero-order valence-corrected chi connectivity index (χ0v) is 11.5. The Balaban J connectivity index is 2.11. The van der Waals surface area contributed by atoms with Crippen LogP contribution in [0.1, 0.15) is 10.4 Å². The maximum Gasteiger partial charge on any atom is 0.341 e. The van der Waals surface area contributed by atoms with Crippen LogP contribution in [-0.2, 0) is 0 Å². The fraction of sp³-hybridized carbons (Fsp3) is 0. The quantitative estimate of drug-likeness (QED) is 0.729. The van der Waals surface area contributed by atoms with Gasteiger partial charge in [0.1, 0.15) is 22.2 Å². The van der Waals surface area contributed by atoms with Crippen molar-refractivity contribution in [1.29, 1.82) is 0 Å². The van der Waals surface area contributed by atoms with Gasteiger partial charge in [0.15, 0.2) is 0 Å². The number of hydrogen-bond donors (Lipinski definition) is 1. The SMILES string of the molecule is O=C(O)c1cnc(Cl)cc1Oc1cccc2ccccc12. The molecule has 0 spiro atoms. The Morgan fingerprint density at radius 1 is 1.10 bits per heavy atom. The minimum atomic E-state index is -1.12. The Bertz CT molecular complexity index is 827. The van der Waals surface area contributed by atoms with Gasteiger partial charge < -0.3 is 9.84 Å². The molecular formula is C16H10ClNO3. The summed E-state index contributed by atoms with van der Waals surface area (Å²) in [5.41, 5.74) is -0.0349. The number of halogens is 1. The first-order valence-corrected chi connectivity index (χ1v) is 6.57. The van der Waals surface area contributed by atoms with E-state index in [1.807, 2.05) is 36.4 Å². The smallest absolute Gasteiger partial charge is 0.341 e. The van der Waals surface area contributed by atoms with Crippen LogP contribution in [0, 0.1) is 0 Å². The van der Waals surface area contributed by atoms with Crippen LogP contribution in [0.3, 0.4) is 0 Å². The average Bonchev–Trinajstić information content (AvgIpc) is 2.47. The highest BCUT2D eigenvalue weighted by molar-refractivity contribution is 6.29. The second kappa shape index (κ2) is 5.42. The van der Waals surface area contributed by atoms with E-state index in [0.29, 0.717) is 5.75 Å². The summed E-state index contributed by atoms with van der Waals surface area (Å²) in [6.45, 7) is 0. The van der Waals surface area contributed by atoms with Crippen LogP contribution in [0.15, 0.2) is 54.7 Å². The molecule has 0 unspecified atom stereocenters. The van der Waals surface area contributed by atoms with Crippen molar-refractivity contribution in [1.82, 2.24) is 4.98 Å². The van der Waals surface area contributed by atoms with Crippen LogP contribution in [0.25, 0.3) is 10.8 Å². The monoisotopic (exact) mass is 299 g/mol. The highest BCUT2D eigenvalue weighted by Gasteiger charge is 2.14. The molecule has 3 rings (SSSR count). The first kappa shape index (κ1) is 13.4. The van der Waals surface area contributed by atoms with E-state index in [0.717, 1.165) is 10.8 Å². The summed E-state index contributed by atoms with van der Waals surface area (Å²) < 4.78 is 5.76. The molecule has 0 fully saturated rings. The van der Waals surface area contributed by atoms with E-state index in [1.165, 1.54) is 12.3 Å². The van der Waals surface area contributed by atoms with Crippen LogP contribution in [-0.4, -0.2) is 16.1 Å². The van der Waals surface area contributed by atoms with Gasteiger partial charge in [-0.1, -0.05) is 48.0 Å². The highest BCUT2D eigenvalue weighted by atomic mass is 35.5. The molecule has 1 heterocycles. The van der Waals surface area contributed by atoms with Crippen molar-refractivity contribution in [3.05, 3.63) is 65.4 Å². The van der Waals surface area contributed by atoms with Gasteiger partial charge in [-0.2, -0.15) is 0 Å². The summed E-state index contributed by atoms with van der Waals surface area (Å²) in [7, 11) is 0. The number of pyridine rings is 1. The van der Waals surface area contributed by atoms with Crippen molar-refractivity contribution in [2.75, 3.05) is 0 Å². The predicted octanol–water partition coefficient (Wildman–Crippen LogP) is 4.38. The molecule has 2 aromatic carbocycles. The molecule has 1 aromatic heterocycles. The standard InChI is InChI=1S/C16H10ClNO3/c17-15-8-14(12(9-18-15)16(19)20)21-13-7-3-5-10-4-1-2-6-11(10)13/h1-9H,(H,19,20). The minimum Gasteiger partial charge on any atom is -0.477 e. The molecule has 0 saturated heterocycles. The van der Waals surface area contributed by atoms with Gasteiger partial charge >= 0.3 is 5.97 Å². The van der Waals surface area contributed by atoms with Crippen molar-refractivity contribution < 1.29 is 14.6 Å². The van der Waals surface area contributed by atoms with E-state index in [2.05, 4.69) is 4.98 Å².